The maximum Gasteiger partial charge on any atom is 0.120 e. The largest absolute Gasteiger partial charge is 0.497 e. The van der Waals surface area contributed by atoms with Gasteiger partial charge in [0, 0.05) is 23.0 Å². The fourth-order valence-corrected chi connectivity index (χ4v) is 1.84. The van der Waals surface area contributed by atoms with Gasteiger partial charge in [0.05, 0.1) is 7.11 Å². The van der Waals surface area contributed by atoms with Crippen LogP contribution in [0.2, 0.25) is 0 Å². The quantitative estimate of drug-likeness (QED) is 0.827. The summed E-state index contributed by atoms with van der Waals surface area (Å²) < 4.78 is 5.18. The number of benzene rings is 2. The minimum atomic E-state index is 0.376. The van der Waals surface area contributed by atoms with Crippen LogP contribution in [0.3, 0.4) is 0 Å². The first-order chi connectivity index (χ1) is 8.70. The molecule has 0 saturated heterocycles. The van der Waals surface area contributed by atoms with Gasteiger partial charge in [-0.3, -0.25) is 0 Å². The summed E-state index contributed by atoms with van der Waals surface area (Å²) in [7, 11) is 1.64. The molecular formula is C14H14N2OS. The molecule has 0 unspecified atom stereocenters. The molecule has 92 valence electrons. The van der Waals surface area contributed by atoms with Crippen LogP contribution in [0.15, 0.2) is 48.5 Å². The Morgan fingerprint density at radius 2 is 1.94 bits per heavy atom. The van der Waals surface area contributed by atoms with Crippen molar-refractivity contribution in [1.29, 1.82) is 0 Å². The second-order valence-corrected chi connectivity index (χ2v) is 4.21. The van der Waals surface area contributed by atoms with E-state index in [2.05, 4.69) is 5.32 Å². The highest BCUT2D eigenvalue weighted by atomic mass is 32.1. The minimum Gasteiger partial charge on any atom is -0.497 e. The number of nitrogens with one attached hydrogen (secondary N) is 1. The van der Waals surface area contributed by atoms with Crippen LogP contribution in [-0.4, -0.2) is 12.1 Å². The number of hydrogen-bond donors (Lipinski definition) is 2. The molecular weight excluding hydrogens is 244 g/mol. The number of thiocarbonyl (C=S) groups is 1. The Morgan fingerprint density at radius 1 is 1.17 bits per heavy atom. The van der Waals surface area contributed by atoms with E-state index in [1.807, 2.05) is 48.5 Å². The number of anilines is 2. The highest BCUT2D eigenvalue weighted by molar-refractivity contribution is 7.80. The first-order valence-corrected chi connectivity index (χ1v) is 5.91. The topological polar surface area (TPSA) is 47.3 Å². The molecule has 0 aromatic heterocycles. The molecule has 2 aromatic carbocycles. The molecule has 0 bridgehead atoms. The van der Waals surface area contributed by atoms with Crippen molar-refractivity contribution in [1.82, 2.24) is 0 Å². The summed E-state index contributed by atoms with van der Waals surface area (Å²) in [6, 6.07) is 15.4. The lowest BCUT2D eigenvalue weighted by Gasteiger charge is -2.11. The molecule has 0 fully saturated rings. The summed E-state index contributed by atoms with van der Waals surface area (Å²) >= 11 is 5.03. The van der Waals surface area contributed by atoms with Crippen LogP contribution in [0.4, 0.5) is 11.4 Å². The summed E-state index contributed by atoms with van der Waals surface area (Å²) in [6.07, 6.45) is 0. The molecule has 0 aliphatic rings. The Balaban J connectivity index is 2.31. The molecule has 0 amide bonds. The zero-order chi connectivity index (χ0) is 13.0. The molecule has 0 atom stereocenters. The van der Waals surface area contributed by atoms with Gasteiger partial charge in [0.25, 0.3) is 0 Å². The second-order valence-electron chi connectivity index (χ2n) is 3.77. The molecule has 0 saturated carbocycles. The van der Waals surface area contributed by atoms with Crippen LogP contribution in [0.1, 0.15) is 5.56 Å². The van der Waals surface area contributed by atoms with Crippen molar-refractivity contribution in [3.8, 4) is 5.75 Å². The van der Waals surface area contributed by atoms with Gasteiger partial charge in [0.15, 0.2) is 0 Å². The summed E-state index contributed by atoms with van der Waals surface area (Å²) in [4.78, 5) is 0.376. The third-order valence-electron chi connectivity index (χ3n) is 2.54. The van der Waals surface area contributed by atoms with Crippen LogP contribution < -0.4 is 15.8 Å². The van der Waals surface area contributed by atoms with Gasteiger partial charge in [0.2, 0.25) is 0 Å². The van der Waals surface area contributed by atoms with Gasteiger partial charge in [-0.05, 0) is 24.3 Å². The summed E-state index contributed by atoms with van der Waals surface area (Å²) in [5.74, 6) is 0.799. The number of nitrogens with two attached hydrogens (primary N) is 1. The number of para-hydroxylation sites is 1. The number of ether oxygens (including phenoxy) is 1. The molecule has 0 aliphatic carbocycles. The highest BCUT2D eigenvalue weighted by Crippen LogP contribution is 2.23. The van der Waals surface area contributed by atoms with Crippen LogP contribution in [-0.2, 0) is 0 Å². The van der Waals surface area contributed by atoms with Crippen LogP contribution >= 0.6 is 12.2 Å². The Hall–Kier alpha value is -2.07. The lowest BCUT2D eigenvalue weighted by molar-refractivity contribution is 0.415. The van der Waals surface area contributed by atoms with Crippen molar-refractivity contribution >= 4 is 28.6 Å². The predicted octanol–water partition coefficient (Wildman–Crippen LogP) is 3.07. The SMILES string of the molecule is COc1cccc(Nc2ccccc2C(N)=S)c1. The monoisotopic (exact) mass is 258 g/mol. The molecule has 0 spiro atoms. The lowest BCUT2D eigenvalue weighted by atomic mass is 10.1. The second kappa shape index (κ2) is 5.51. The maximum absolute atomic E-state index is 5.69. The molecule has 0 radical (unpaired) electrons. The fourth-order valence-electron chi connectivity index (χ4n) is 1.66. The van der Waals surface area contributed by atoms with Gasteiger partial charge in [-0.25, -0.2) is 0 Å². The van der Waals surface area contributed by atoms with E-state index >= 15 is 0 Å². The van der Waals surface area contributed by atoms with Crippen molar-refractivity contribution in [2.24, 2.45) is 5.73 Å². The zero-order valence-corrected chi connectivity index (χ0v) is 10.8. The van der Waals surface area contributed by atoms with Gasteiger partial charge in [-0.15, -0.1) is 0 Å². The Labute approximate surface area is 112 Å². The van der Waals surface area contributed by atoms with E-state index in [1.54, 1.807) is 7.11 Å². The fraction of sp³-hybridized carbons (Fsp3) is 0.0714. The molecule has 3 N–H and O–H groups in total. The molecule has 4 heteroatoms. The molecule has 0 aliphatic heterocycles. The highest BCUT2D eigenvalue weighted by Gasteiger charge is 2.04. The van der Waals surface area contributed by atoms with Crippen molar-refractivity contribution < 1.29 is 4.74 Å². The third kappa shape index (κ3) is 2.78. The van der Waals surface area contributed by atoms with E-state index in [9.17, 15) is 0 Å². The maximum atomic E-state index is 5.69. The van der Waals surface area contributed by atoms with E-state index < -0.39 is 0 Å². The first kappa shape index (κ1) is 12.4. The van der Waals surface area contributed by atoms with Gasteiger partial charge in [-0.2, -0.15) is 0 Å². The molecule has 2 aromatic rings. The Morgan fingerprint density at radius 3 is 2.67 bits per heavy atom. The minimum absolute atomic E-state index is 0.376. The Kier molecular flexibility index (Phi) is 3.79. The summed E-state index contributed by atoms with van der Waals surface area (Å²) in [6.45, 7) is 0. The average Bonchev–Trinajstić information content (AvgIpc) is 2.39. The van der Waals surface area contributed by atoms with E-state index in [4.69, 9.17) is 22.7 Å². The van der Waals surface area contributed by atoms with Crippen LogP contribution in [0.5, 0.6) is 5.75 Å². The van der Waals surface area contributed by atoms with E-state index in [0.717, 1.165) is 22.7 Å². The van der Waals surface area contributed by atoms with Crippen molar-refractivity contribution in [3.63, 3.8) is 0 Å². The van der Waals surface area contributed by atoms with Crippen LogP contribution in [0.25, 0.3) is 0 Å². The number of methoxy groups -OCH3 is 1. The predicted molar refractivity (Wildman–Crippen MR) is 78.6 cm³/mol. The van der Waals surface area contributed by atoms with Crippen molar-refractivity contribution in [3.05, 3.63) is 54.1 Å². The average molecular weight is 258 g/mol. The third-order valence-corrected chi connectivity index (χ3v) is 2.76. The smallest absolute Gasteiger partial charge is 0.120 e. The Bertz CT molecular complexity index is 569. The van der Waals surface area contributed by atoms with E-state index in [-0.39, 0.29) is 0 Å². The summed E-state index contributed by atoms with van der Waals surface area (Å²) in [5.41, 5.74) is 8.34. The molecule has 3 nitrogen and oxygen atoms in total. The molecule has 18 heavy (non-hydrogen) atoms. The number of hydrogen-bond acceptors (Lipinski definition) is 3. The van der Waals surface area contributed by atoms with Crippen LogP contribution in [0, 0.1) is 0 Å². The molecule has 0 heterocycles. The standard InChI is InChI=1S/C14H14N2OS/c1-17-11-6-4-5-10(9-11)16-13-8-3-2-7-12(13)14(15)18/h2-9,16H,1H3,(H2,15,18). The normalized spacial score (nSPS) is 9.83. The van der Waals surface area contributed by atoms with Crippen molar-refractivity contribution in [2.75, 3.05) is 12.4 Å². The lowest BCUT2D eigenvalue weighted by Crippen LogP contribution is -2.11. The van der Waals surface area contributed by atoms with Gasteiger partial charge in [-0.1, -0.05) is 30.4 Å². The van der Waals surface area contributed by atoms with Gasteiger partial charge < -0.3 is 15.8 Å². The first-order valence-electron chi connectivity index (χ1n) is 5.50. The van der Waals surface area contributed by atoms with E-state index in [1.165, 1.54) is 0 Å². The van der Waals surface area contributed by atoms with Gasteiger partial charge in [0.1, 0.15) is 10.7 Å². The van der Waals surface area contributed by atoms with E-state index in [0.29, 0.717) is 4.99 Å². The molecule has 2 rings (SSSR count). The number of rotatable bonds is 4. The summed E-state index contributed by atoms with van der Waals surface area (Å²) in [5, 5.41) is 3.28. The van der Waals surface area contributed by atoms with Crippen molar-refractivity contribution in [2.45, 2.75) is 0 Å². The zero-order valence-electron chi connectivity index (χ0n) is 10.0. The van der Waals surface area contributed by atoms with Gasteiger partial charge >= 0.3 is 0 Å².